The van der Waals surface area contributed by atoms with E-state index in [2.05, 4.69) is 5.48 Å². The molecule has 4 nitrogen and oxygen atoms in total. The van der Waals surface area contributed by atoms with Crippen LogP contribution >= 0.6 is 0 Å². The maximum atomic E-state index is 12.9. The van der Waals surface area contributed by atoms with Crippen LogP contribution in [0.5, 0.6) is 0 Å². The van der Waals surface area contributed by atoms with Gasteiger partial charge in [-0.15, -0.1) is 0 Å². The summed E-state index contributed by atoms with van der Waals surface area (Å²) in [5.74, 6) is -0.783. The molecule has 0 unspecified atom stereocenters. The first-order valence-corrected chi connectivity index (χ1v) is 4.47. The van der Waals surface area contributed by atoms with E-state index >= 15 is 0 Å². The molecule has 0 radical (unpaired) electrons. The minimum atomic E-state index is -0.544. The van der Waals surface area contributed by atoms with Crippen LogP contribution in [0.4, 0.5) is 4.39 Å². The standard InChI is InChI=1S/C10H13FN2O2/c1-7-4-8(2-3-9(7)11)5-13-15-6-10(12)14/h2-4,13H,5-6H2,1H3,(H2,12,14). The highest BCUT2D eigenvalue weighted by Crippen LogP contribution is 2.08. The van der Waals surface area contributed by atoms with Gasteiger partial charge >= 0.3 is 0 Å². The number of hydroxylamine groups is 1. The largest absolute Gasteiger partial charge is 0.368 e. The van der Waals surface area contributed by atoms with Crippen molar-refractivity contribution in [2.24, 2.45) is 5.73 Å². The van der Waals surface area contributed by atoms with Crippen molar-refractivity contribution in [2.45, 2.75) is 13.5 Å². The van der Waals surface area contributed by atoms with Crippen LogP contribution in [-0.2, 0) is 16.2 Å². The Hall–Kier alpha value is -1.46. The van der Waals surface area contributed by atoms with Gasteiger partial charge in [0.1, 0.15) is 12.4 Å². The number of rotatable bonds is 5. The highest BCUT2D eigenvalue weighted by Gasteiger charge is 1.99. The fourth-order valence-electron chi connectivity index (χ4n) is 1.07. The summed E-state index contributed by atoms with van der Waals surface area (Å²) in [4.78, 5) is 15.1. The molecule has 0 spiro atoms. The average Bonchev–Trinajstić information content (AvgIpc) is 2.18. The van der Waals surface area contributed by atoms with Gasteiger partial charge in [-0.25, -0.2) is 4.39 Å². The topological polar surface area (TPSA) is 64.3 Å². The zero-order valence-electron chi connectivity index (χ0n) is 8.42. The molecular weight excluding hydrogens is 199 g/mol. The lowest BCUT2D eigenvalue weighted by molar-refractivity contribution is -0.125. The van der Waals surface area contributed by atoms with Gasteiger partial charge in [-0.3, -0.25) is 9.63 Å². The van der Waals surface area contributed by atoms with Crippen molar-refractivity contribution in [2.75, 3.05) is 6.61 Å². The third-order valence-electron chi connectivity index (χ3n) is 1.82. The normalized spacial score (nSPS) is 10.3. The van der Waals surface area contributed by atoms with Gasteiger partial charge < -0.3 is 5.73 Å². The molecule has 0 aliphatic carbocycles. The van der Waals surface area contributed by atoms with Gasteiger partial charge in [0.25, 0.3) is 0 Å². The molecule has 5 heteroatoms. The Morgan fingerprint density at radius 1 is 1.60 bits per heavy atom. The minimum absolute atomic E-state index is 0.180. The molecule has 0 heterocycles. The molecule has 0 aliphatic heterocycles. The number of nitrogens with one attached hydrogen (secondary N) is 1. The minimum Gasteiger partial charge on any atom is -0.368 e. The van der Waals surface area contributed by atoms with Gasteiger partial charge in [-0.1, -0.05) is 12.1 Å². The quantitative estimate of drug-likeness (QED) is 0.556. The van der Waals surface area contributed by atoms with Crippen molar-refractivity contribution < 1.29 is 14.0 Å². The molecule has 1 amide bonds. The molecule has 15 heavy (non-hydrogen) atoms. The molecule has 3 N–H and O–H groups in total. The van der Waals surface area contributed by atoms with Gasteiger partial charge in [-0.05, 0) is 24.1 Å². The van der Waals surface area contributed by atoms with Gasteiger partial charge in [-0.2, -0.15) is 5.48 Å². The van der Waals surface area contributed by atoms with E-state index in [0.29, 0.717) is 12.1 Å². The lowest BCUT2D eigenvalue weighted by atomic mass is 10.1. The van der Waals surface area contributed by atoms with Crippen LogP contribution < -0.4 is 11.2 Å². The summed E-state index contributed by atoms with van der Waals surface area (Å²) in [5, 5.41) is 0. The molecule has 0 fully saturated rings. The van der Waals surface area contributed by atoms with Crippen molar-refractivity contribution in [3.63, 3.8) is 0 Å². The van der Waals surface area contributed by atoms with Crippen molar-refractivity contribution in [3.8, 4) is 0 Å². The molecule has 1 aromatic carbocycles. The zero-order valence-corrected chi connectivity index (χ0v) is 8.42. The number of amides is 1. The van der Waals surface area contributed by atoms with Gasteiger partial charge in [0, 0.05) is 6.54 Å². The number of primary amides is 1. The number of halogens is 1. The van der Waals surface area contributed by atoms with Gasteiger partial charge in [0.05, 0.1) is 0 Å². The van der Waals surface area contributed by atoms with E-state index in [1.54, 1.807) is 19.1 Å². The molecule has 1 aromatic rings. The fraction of sp³-hybridized carbons (Fsp3) is 0.300. The molecule has 0 atom stereocenters. The van der Waals surface area contributed by atoms with Crippen LogP contribution in [0.3, 0.4) is 0 Å². The monoisotopic (exact) mass is 212 g/mol. The molecule has 0 saturated heterocycles. The van der Waals surface area contributed by atoms with Crippen molar-refractivity contribution >= 4 is 5.91 Å². The fourth-order valence-corrected chi connectivity index (χ4v) is 1.07. The second-order valence-electron chi connectivity index (χ2n) is 3.16. The number of aryl methyl sites for hydroxylation is 1. The lowest BCUT2D eigenvalue weighted by Crippen LogP contribution is -2.24. The number of carbonyl (C=O) groups is 1. The number of nitrogens with two attached hydrogens (primary N) is 1. The van der Waals surface area contributed by atoms with E-state index in [9.17, 15) is 9.18 Å². The van der Waals surface area contributed by atoms with Crippen LogP contribution in [0.2, 0.25) is 0 Å². The van der Waals surface area contributed by atoms with E-state index in [4.69, 9.17) is 10.6 Å². The predicted octanol–water partition coefficient (Wildman–Crippen LogP) is 0.641. The molecule has 0 saturated carbocycles. The van der Waals surface area contributed by atoms with Gasteiger partial charge in [0.2, 0.25) is 5.91 Å². The maximum absolute atomic E-state index is 12.9. The smallest absolute Gasteiger partial charge is 0.245 e. The number of carbonyl (C=O) groups excluding carboxylic acids is 1. The van der Waals surface area contributed by atoms with Crippen molar-refractivity contribution in [1.82, 2.24) is 5.48 Å². The Bertz CT molecular complexity index is 355. The maximum Gasteiger partial charge on any atom is 0.245 e. The van der Waals surface area contributed by atoms with E-state index in [-0.39, 0.29) is 12.4 Å². The molecule has 0 aromatic heterocycles. The van der Waals surface area contributed by atoms with Crippen molar-refractivity contribution in [3.05, 3.63) is 35.1 Å². The van der Waals surface area contributed by atoms with E-state index in [1.165, 1.54) is 6.07 Å². The highest BCUT2D eigenvalue weighted by atomic mass is 19.1. The first-order valence-electron chi connectivity index (χ1n) is 4.47. The van der Waals surface area contributed by atoms with E-state index in [0.717, 1.165) is 5.56 Å². The summed E-state index contributed by atoms with van der Waals surface area (Å²) in [6.07, 6.45) is 0. The Kier molecular flexibility index (Phi) is 4.20. The third-order valence-corrected chi connectivity index (χ3v) is 1.82. The molecule has 82 valence electrons. The Balaban J connectivity index is 2.38. The average molecular weight is 212 g/mol. The van der Waals surface area contributed by atoms with Gasteiger partial charge in [0.15, 0.2) is 0 Å². The lowest BCUT2D eigenvalue weighted by Gasteiger charge is -2.05. The Morgan fingerprint density at radius 3 is 2.93 bits per heavy atom. The first kappa shape index (κ1) is 11.6. The zero-order chi connectivity index (χ0) is 11.3. The molecular formula is C10H13FN2O2. The summed E-state index contributed by atoms with van der Waals surface area (Å²) in [5.41, 5.74) is 8.87. The second-order valence-corrected chi connectivity index (χ2v) is 3.16. The Labute approximate surface area is 87.2 Å². The SMILES string of the molecule is Cc1cc(CNOCC(N)=O)ccc1F. The third kappa shape index (κ3) is 4.05. The predicted molar refractivity (Wildman–Crippen MR) is 53.1 cm³/mol. The summed E-state index contributed by atoms with van der Waals surface area (Å²) >= 11 is 0. The number of hydrogen-bond acceptors (Lipinski definition) is 3. The van der Waals surface area contributed by atoms with E-state index < -0.39 is 5.91 Å². The second kappa shape index (κ2) is 5.43. The molecule has 0 bridgehead atoms. The van der Waals surface area contributed by atoms with E-state index in [1.807, 2.05) is 0 Å². The van der Waals surface area contributed by atoms with Crippen LogP contribution in [0.15, 0.2) is 18.2 Å². The first-order chi connectivity index (χ1) is 7.09. The van der Waals surface area contributed by atoms with Crippen LogP contribution in [-0.4, -0.2) is 12.5 Å². The van der Waals surface area contributed by atoms with Crippen molar-refractivity contribution in [1.29, 1.82) is 0 Å². The molecule has 1 rings (SSSR count). The number of hydrogen-bond donors (Lipinski definition) is 2. The molecule has 0 aliphatic rings. The summed E-state index contributed by atoms with van der Waals surface area (Å²) in [6.45, 7) is 1.90. The highest BCUT2D eigenvalue weighted by molar-refractivity contribution is 5.74. The Morgan fingerprint density at radius 2 is 2.33 bits per heavy atom. The summed E-state index contributed by atoms with van der Waals surface area (Å²) < 4.78 is 12.9. The number of benzene rings is 1. The van der Waals surface area contributed by atoms with Crippen LogP contribution in [0.1, 0.15) is 11.1 Å². The van der Waals surface area contributed by atoms with Crippen LogP contribution in [0, 0.1) is 12.7 Å². The summed E-state index contributed by atoms with van der Waals surface area (Å²) in [7, 11) is 0. The summed E-state index contributed by atoms with van der Waals surface area (Å²) in [6, 6.07) is 4.74. The van der Waals surface area contributed by atoms with Crippen LogP contribution in [0.25, 0.3) is 0 Å².